The standard InChI is InChI=1S/C57H46Si/c1-57(2)51-20-12-11-17-43(51)44-27-25-39(31-52(44)57)40-26-28-45-48-33-49-50(34-54(48)58(3,4)53(45)32-40)56(42-24-22-36-14-6-8-16-38(36)30-42)47-19-10-9-18-46(47)55(49)41-23-21-35-13-5-7-15-37(35)29-41/h5-6,9-14,17-34H,7-8,15-16H2,1-4H3. The largest absolute Gasteiger partial charge is 0.113 e. The maximum Gasteiger partial charge on any atom is 0.113 e. The van der Waals surface area contributed by atoms with Crippen LogP contribution in [-0.4, -0.2) is 8.07 Å². The molecule has 0 N–H and O–H groups in total. The van der Waals surface area contributed by atoms with Crippen LogP contribution in [0.2, 0.25) is 13.1 Å². The lowest BCUT2D eigenvalue weighted by Gasteiger charge is -2.23. The van der Waals surface area contributed by atoms with Crippen LogP contribution < -0.4 is 10.4 Å². The van der Waals surface area contributed by atoms with Gasteiger partial charge in [-0.1, -0.05) is 173 Å². The van der Waals surface area contributed by atoms with Crippen LogP contribution >= 0.6 is 0 Å². The fourth-order valence-corrected chi connectivity index (χ4v) is 14.4. The molecule has 0 unspecified atom stereocenters. The Kier molecular flexibility index (Phi) is 7.19. The first kappa shape index (κ1) is 34.1. The molecule has 0 fully saturated rings. The van der Waals surface area contributed by atoms with Crippen molar-refractivity contribution in [3.8, 4) is 55.6 Å². The van der Waals surface area contributed by atoms with Crippen molar-refractivity contribution in [2.24, 2.45) is 0 Å². The number of allylic oxidation sites excluding steroid dienone is 2. The van der Waals surface area contributed by atoms with Crippen LogP contribution in [0.15, 0.2) is 146 Å². The molecule has 0 spiro atoms. The first-order chi connectivity index (χ1) is 28.3. The second-order valence-corrected chi connectivity index (χ2v) is 22.6. The molecular formula is C57H46Si. The zero-order valence-corrected chi connectivity index (χ0v) is 34.8. The van der Waals surface area contributed by atoms with E-state index in [4.69, 9.17) is 0 Å². The highest BCUT2D eigenvalue weighted by atomic mass is 28.3. The van der Waals surface area contributed by atoms with Crippen LogP contribution in [0.1, 0.15) is 60.1 Å². The number of fused-ring (bicyclic) bond motifs is 10. The van der Waals surface area contributed by atoms with Crippen molar-refractivity contribution in [3.05, 3.63) is 179 Å². The first-order valence-corrected chi connectivity index (χ1v) is 24.3. The van der Waals surface area contributed by atoms with Crippen LogP contribution in [0.4, 0.5) is 0 Å². The van der Waals surface area contributed by atoms with E-state index in [1.165, 1.54) is 111 Å². The summed E-state index contributed by atoms with van der Waals surface area (Å²) < 4.78 is 0. The third kappa shape index (κ3) is 4.80. The molecule has 1 heterocycles. The molecule has 0 saturated heterocycles. The van der Waals surface area contributed by atoms with Crippen molar-refractivity contribution in [2.75, 3.05) is 0 Å². The molecule has 0 radical (unpaired) electrons. The molecule has 0 saturated carbocycles. The lowest BCUT2D eigenvalue weighted by atomic mass is 9.81. The fraction of sp³-hybridized carbons (Fsp3) is 0.158. The smallest absolute Gasteiger partial charge is 0.0836 e. The summed E-state index contributed by atoms with van der Waals surface area (Å²) in [6, 6.07) is 52.5. The van der Waals surface area contributed by atoms with Gasteiger partial charge in [-0.2, -0.15) is 0 Å². The van der Waals surface area contributed by atoms with Crippen molar-refractivity contribution in [1.82, 2.24) is 0 Å². The molecule has 0 aromatic heterocycles. The van der Waals surface area contributed by atoms with Gasteiger partial charge >= 0.3 is 0 Å². The summed E-state index contributed by atoms with van der Waals surface area (Å²) in [5.74, 6) is 0. The second kappa shape index (κ2) is 12.2. The maximum atomic E-state index is 2.65. The molecular weight excluding hydrogens is 713 g/mol. The molecule has 0 amide bonds. The van der Waals surface area contributed by atoms with Gasteiger partial charge in [0.2, 0.25) is 0 Å². The summed E-state index contributed by atoms with van der Waals surface area (Å²) in [4.78, 5) is 0. The second-order valence-electron chi connectivity index (χ2n) is 18.3. The molecule has 12 rings (SSSR count). The number of hydrogen-bond donors (Lipinski definition) is 0. The van der Waals surface area contributed by atoms with Gasteiger partial charge in [0.05, 0.1) is 0 Å². The summed E-state index contributed by atoms with van der Waals surface area (Å²) in [7, 11) is -2.11. The van der Waals surface area contributed by atoms with Crippen LogP contribution in [0.3, 0.4) is 0 Å². The summed E-state index contributed by atoms with van der Waals surface area (Å²) in [5.41, 5.74) is 22.1. The van der Waals surface area contributed by atoms with Crippen LogP contribution in [0.5, 0.6) is 0 Å². The predicted molar refractivity (Wildman–Crippen MR) is 252 cm³/mol. The Morgan fingerprint density at radius 2 is 0.966 bits per heavy atom. The van der Waals surface area contributed by atoms with E-state index in [0.29, 0.717) is 0 Å². The topological polar surface area (TPSA) is 0 Å². The molecule has 58 heavy (non-hydrogen) atoms. The Hall–Kier alpha value is -6.02. The van der Waals surface area contributed by atoms with Gasteiger partial charge in [-0.25, -0.2) is 0 Å². The fourth-order valence-electron chi connectivity index (χ4n) is 11.3. The molecule has 0 bridgehead atoms. The molecule has 8 aromatic rings. The molecule has 1 aliphatic heterocycles. The van der Waals surface area contributed by atoms with Crippen LogP contribution in [0, 0.1) is 0 Å². The average Bonchev–Trinajstić information content (AvgIpc) is 3.62. The molecule has 278 valence electrons. The lowest BCUT2D eigenvalue weighted by Crippen LogP contribution is -2.49. The molecule has 0 atom stereocenters. The Balaban J connectivity index is 1.09. The van der Waals surface area contributed by atoms with Gasteiger partial charge in [0, 0.05) is 5.41 Å². The summed E-state index contributed by atoms with van der Waals surface area (Å²) in [6.45, 7) is 9.94. The van der Waals surface area contributed by atoms with E-state index in [0.717, 1.165) is 25.7 Å². The minimum absolute atomic E-state index is 0.0223. The summed E-state index contributed by atoms with van der Waals surface area (Å²) in [5, 5.41) is 8.51. The van der Waals surface area contributed by atoms with Gasteiger partial charge in [0.1, 0.15) is 8.07 Å². The van der Waals surface area contributed by atoms with Crippen molar-refractivity contribution in [2.45, 2.75) is 58.0 Å². The van der Waals surface area contributed by atoms with Crippen LogP contribution in [-0.2, 0) is 18.3 Å². The number of hydrogen-bond acceptors (Lipinski definition) is 0. The van der Waals surface area contributed by atoms with E-state index in [2.05, 4.69) is 185 Å². The Labute approximate surface area is 343 Å². The highest BCUT2D eigenvalue weighted by Gasteiger charge is 2.39. The van der Waals surface area contributed by atoms with Crippen molar-refractivity contribution >= 4 is 52.1 Å². The number of aryl methyl sites for hydroxylation is 2. The van der Waals surface area contributed by atoms with E-state index in [1.54, 1.807) is 10.4 Å². The van der Waals surface area contributed by atoms with Gasteiger partial charge in [-0.15, -0.1) is 0 Å². The van der Waals surface area contributed by atoms with Gasteiger partial charge in [-0.05, 0) is 159 Å². The van der Waals surface area contributed by atoms with Gasteiger partial charge < -0.3 is 0 Å². The third-order valence-electron chi connectivity index (χ3n) is 14.4. The van der Waals surface area contributed by atoms with Crippen molar-refractivity contribution < 1.29 is 0 Å². The molecule has 4 aliphatic rings. The van der Waals surface area contributed by atoms with Crippen molar-refractivity contribution in [1.29, 1.82) is 0 Å². The Morgan fingerprint density at radius 1 is 0.431 bits per heavy atom. The zero-order valence-electron chi connectivity index (χ0n) is 33.8. The van der Waals surface area contributed by atoms with E-state index < -0.39 is 8.07 Å². The highest BCUT2D eigenvalue weighted by Crippen LogP contribution is 2.50. The molecule has 1 heteroatoms. The average molecular weight is 759 g/mol. The Morgan fingerprint density at radius 3 is 1.64 bits per heavy atom. The van der Waals surface area contributed by atoms with Crippen molar-refractivity contribution in [3.63, 3.8) is 0 Å². The van der Waals surface area contributed by atoms with Gasteiger partial charge in [-0.3, -0.25) is 0 Å². The number of benzene rings is 8. The van der Waals surface area contributed by atoms with E-state index in [1.807, 2.05) is 0 Å². The van der Waals surface area contributed by atoms with Crippen LogP contribution in [0.25, 0.3) is 89.3 Å². The normalized spacial score (nSPS) is 16.1. The van der Waals surface area contributed by atoms with E-state index >= 15 is 0 Å². The SMILES string of the molecule is CC1(C)c2ccccc2-c2ccc(-c3ccc4c(c3)[Si](C)(C)c3cc5c(-c6ccc7c(c6)CCC=C7)c6ccccc6c(-c6ccc7c(c6)CCC=C7)c5cc3-4)cc21. The lowest BCUT2D eigenvalue weighted by molar-refractivity contribution is 0.660. The minimum Gasteiger partial charge on any atom is -0.0836 e. The monoisotopic (exact) mass is 758 g/mol. The Bertz CT molecular complexity index is 3170. The highest BCUT2D eigenvalue weighted by molar-refractivity contribution is 7.04. The molecule has 3 aliphatic carbocycles. The zero-order chi connectivity index (χ0) is 38.9. The molecule has 8 aromatic carbocycles. The first-order valence-electron chi connectivity index (χ1n) is 21.3. The van der Waals surface area contributed by atoms with Gasteiger partial charge in [0.15, 0.2) is 0 Å². The maximum absolute atomic E-state index is 2.65. The van der Waals surface area contributed by atoms with Gasteiger partial charge in [0.25, 0.3) is 0 Å². The quantitative estimate of drug-likeness (QED) is 0.124. The van der Waals surface area contributed by atoms with E-state index in [9.17, 15) is 0 Å². The third-order valence-corrected chi connectivity index (χ3v) is 17.9. The summed E-state index contributed by atoms with van der Waals surface area (Å²) in [6.07, 6.45) is 13.7. The number of rotatable bonds is 3. The predicted octanol–water partition coefficient (Wildman–Crippen LogP) is 14.0. The minimum atomic E-state index is -2.11. The molecule has 0 nitrogen and oxygen atoms in total. The van der Waals surface area contributed by atoms with E-state index in [-0.39, 0.29) is 5.41 Å². The summed E-state index contributed by atoms with van der Waals surface area (Å²) >= 11 is 0.